The second-order valence-corrected chi connectivity index (χ2v) is 6.60. The summed E-state index contributed by atoms with van der Waals surface area (Å²) in [6.07, 6.45) is 4.47. The first kappa shape index (κ1) is 17.7. The number of carbonyl (C=O) groups is 1. The molecule has 8 heteroatoms. The number of imidazole rings is 1. The van der Waals surface area contributed by atoms with E-state index < -0.39 is 0 Å². The smallest absolute Gasteiger partial charge is 0.217 e. The highest BCUT2D eigenvalue weighted by molar-refractivity contribution is 6.29. The van der Waals surface area contributed by atoms with Crippen LogP contribution in [0.15, 0.2) is 24.5 Å². The Balaban J connectivity index is 1.53. The van der Waals surface area contributed by atoms with Crippen molar-refractivity contribution in [1.29, 1.82) is 0 Å². The van der Waals surface area contributed by atoms with Gasteiger partial charge in [0.25, 0.3) is 0 Å². The van der Waals surface area contributed by atoms with Crippen molar-refractivity contribution in [2.75, 3.05) is 13.1 Å². The molecule has 0 aliphatic carbocycles. The summed E-state index contributed by atoms with van der Waals surface area (Å²) in [4.78, 5) is 21.9. The second kappa shape index (κ2) is 7.84. The van der Waals surface area contributed by atoms with Crippen LogP contribution in [0.1, 0.15) is 24.9 Å². The molecule has 3 heterocycles. The minimum atomic E-state index is -0.0751. The zero-order valence-electron chi connectivity index (χ0n) is 14.4. The fraction of sp³-hybridized carbons (Fsp3) is 0.471. The zero-order valence-corrected chi connectivity index (χ0v) is 15.2. The molecular formula is C17H22ClN5O2. The van der Waals surface area contributed by atoms with Crippen LogP contribution in [0.2, 0.25) is 5.15 Å². The van der Waals surface area contributed by atoms with E-state index in [0.29, 0.717) is 11.7 Å². The molecule has 0 saturated carbocycles. The fourth-order valence-electron chi connectivity index (χ4n) is 2.84. The highest BCUT2D eigenvalue weighted by Gasteiger charge is 2.25. The molecule has 25 heavy (non-hydrogen) atoms. The average molecular weight is 364 g/mol. The van der Waals surface area contributed by atoms with Crippen LogP contribution < -0.4 is 10.1 Å². The lowest BCUT2D eigenvalue weighted by Gasteiger charge is -2.17. The molecule has 1 N–H and O–H groups in total. The number of halogens is 1. The number of likely N-dealkylation sites (tertiary alicyclic amines) is 1. The lowest BCUT2D eigenvalue weighted by atomic mass is 10.3. The Labute approximate surface area is 152 Å². The summed E-state index contributed by atoms with van der Waals surface area (Å²) in [6, 6.07) is 3.72. The van der Waals surface area contributed by atoms with Crippen molar-refractivity contribution in [1.82, 2.24) is 24.8 Å². The molecule has 1 atom stereocenters. The number of rotatable bonds is 6. The van der Waals surface area contributed by atoms with Crippen LogP contribution in [0.5, 0.6) is 5.75 Å². The van der Waals surface area contributed by atoms with Gasteiger partial charge in [-0.25, -0.2) is 4.98 Å². The van der Waals surface area contributed by atoms with Gasteiger partial charge in [-0.3, -0.25) is 14.7 Å². The highest BCUT2D eigenvalue weighted by Crippen LogP contribution is 2.20. The van der Waals surface area contributed by atoms with Crippen molar-refractivity contribution < 1.29 is 9.53 Å². The first-order valence-electron chi connectivity index (χ1n) is 8.25. The summed E-state index contributed by atoms with van der Waals surface area (Å²) < 4.78 is 7.97. The van der Waals surface area contributed by atoms with Gasteiger partial charge in [0.2, 0.25) is 5.91 Å². The Morgan fingerprint density at radius 3 is 3.04 bits per heavy atom. The van der Waals surface area contributed by atoms with Crippen molar-refractivity contribution in [3.63, 3.8) is 0 Å². The van der Waals surface area contributed by atoms with E-state index in [1.165, 1.54) is 6.92 Å². The molecule has 1 fully saturated rings. The normalized spacial score (nSPS) is 17.6. The number of ether oxygens (including phenoxy) is 1. The molecule has 1 unspecified atom stereocenters. The summed E-state index contributed by atoms with van der Waals surface area (Å²) in [7, 11) is 1.92. The number of hydrogen-bond acceptors (Lipinski definition) is 5. The van der Waals surface area contributed by atoms with Crippen LogP contribution in [-0.2, 0) is 24.9 Å². The van der Waals surface area contributed by atoms with Crippen molar-refractivity contribution in [2.45, 2.75) is 32.5 Å². The van der Waals surface area contributed by atoms with E-state index in [-0.39, 0.29) is 12.0 Å². The molecule has 1 aliphatic rings. The first-order chi connectivity index (χ1) is 12.0. The van der Waals surface area contributed by atoms with E-state index in [9.17, 15) is 4.79 Å². The van der Waals surface area contributed by atoms with E-state index in [0.717, 1.165) is 43.3 Å². The molecule has 134 valence electrons. The Hall–Kier alpha value is -2.12. The minimum absolute atomic E-state index is 0.0751. The van der Waals surface area contributed by atoms with Gasteiger partial charge in [-0.15, -0.1) is 0 Å². The first-order valence-corrected chi connectivity index (χ1v) is 8.63. The summed E-state index contributed by atoms with van der Waals surface area (Å²) in [5.41, 5.74) is 0.783. The lowest BCUT2D eigenvalue weighted by molar-refractivity contribution is -0.119. The van der Waals surface area contributed by atoms with Gasteiger partial charge in [-0.05, 0) is 12.5 Å². The van der Waals surface area contributed by atoms with Gasteiger partial charge < -0.3 is 14.6 Å². The Morgan fingerprint density at radius 1 is 1.48 bits per heavy atom. The Kier molecular flexibility index (Phi) is 5.55. The Bertz CT molecular complexity index is 748. The number of amides is 1. The standard InChI is InChI=1S/C17H22ClN5O2/c1-12(24)20-8-13-7-14(3-5-19-13)25-15-4-6-23(10-15)11-17-21-9-16(18)22(17)2/h3,5,7,9,15H,4,6,8,10-11H2,1-2H3,(H,20,24). The maximum Gasteiger partial charge on any atom is 0.217 e. The average Bonchev–Trinajstić information content (AvgIpc) is 3.15. The van der Waals surface area contributed by atoms with Gasteiger partial charge in [-0.2, -0.15) is 0 Å². The van der Waals surface area contributed by atoms with Crippen LogP contribution in [0.3, 0.4) is 0 Å². The molecule has 2 aromatic rings. The number of aromatic nitrogens is 3. The zero-order chi connectivity index (χ0) is 17.8. The predicted octanol–water partition coefficient (Wildman–Crippen LogP) is 1.76. The van der Waals surface area contributed by atoms with Gasteiger partial charge in [0.1, 0.15) is 22.8 Å². The number of pyridine rings is 1. The number of carbonyl (C=O) groups excluding carboxylic acids is 1. The van der Waals surface area contributed by atoms with Gasteiger partial charge in [0, 0.05) is 39.3 Å². The van der Waals surface area contributed by atoms with Gasteiger partial charge >= 0.3 is 0 Å². The van der Waals surface area contributed by atoms with Crippen LogP contribution in [-0.4, -0.2) is 44.5 Å². The maximum absolute atomic E-state index is 11.0. The van der Waals surface area contributed by atoms with Crippen molar-refractivity contribution in [2.24, 2.45) is 7.05 Å². The number of hydrogen-bond donors (Lipinski definition) is 1. The lowest BCUT2D eigenvalue weighted by Crippen LogP contribution is -2.26. The van der Waals surface area contributed by atoms with E-state index in [2.05, 4.69) is 20.2 Å². The van der Waals surface area contributed by atoms with E-state index in [1.54, 1.807) is 12.4 Å². The maximum atomic E-state index is 11.0. The molecule has 2 aromatic heterocycles. The number of nitrogens with zero attached hydrogens (tertiary/aromatic N) is 4. The molecule has 1 aliphatic heterocycles. The molecule has 7 nitrogen and oxygen atoms in total. The molecule has 1 saturated heterocycles. The molecule has 3 rings (SSSR count). The fourth-order valence-corrected chi connectivity index (χ4v) is 2.99. The van der Waals surface area contributed by atoms with Crippen molar-refractivity contribution >= 4 is 17.5 Å². The topological polar surface area (TPSA) is 72.3 Å². The van der Waals surface area contributed by atoms with E-state index >= 15 is 0 Å². The third-order valence-electron chi connectivity index (χ3n) is 4.23. The molecule has 0 radical (unpaired) electrons. The van der Waals surface area contributed by atoms with Gasteiger partial charge in [0.15, 0.2) is 0 Å². The minimum Gasteiger partial charge on any atom is -0.489 e. The molecule has 1 amide bonds. The molecule has 0 aromatic carbocycles. The van der Waals surface area contributed by atoms with Crippen molar-refractivity contribution in [3.05, 3.63) is 41.2 Å². The van der Waals surface area contributed by atoms with E-state index in [1.807, 2.05) is 23.7 Å². The Morgan fingerprint density at radius 2 is 2.32 bits per heavy atom. The SMILES string of the molecule is CC(=O)NCc1cc(OC2CCN(Cc3ncc(Cl)n3C)C2)ccn1. The third kappa shape index (κ3) is 4.70. The van der Waals surface area contributed by atoms with E-state index in [4.69, 9.17) is 16.3 Å². The summed E-state index contributed by atoms with van der Waals surface area (Å²) >= 11 is 6.04. The molecular weight excluding hydrogens is 342 g/mol. The number of nitrogens with one attached hydrogen (secondary N) is 1. The monoisotopic (exact) mass is 363 g/mol. The summed E-state index contributed by atoms with van der Waals surface area (Å²) in [5, 5.41) is 3.38. The largest absolute Gasteiger partial charge is 0.489 e. The van der Waals surface area contributed by atoms with Crippen LogP contribution in [0, 0.1) is 0 Å². The summed E-state index contributed by atoms with van der Waals surface area (Å²) in [5.74, 6) is 1.66. The van der Waals surface area contributed by atoms with Crippen LogP contribution in [0.25, 0.3) is 0 Å². The van der Waals surface area contributed by atoms with Gasteiger partial charge in [0.05, 0.1) is 25.0 Å². The predicted molar refractivity (Wildman–Crippen MR) is 94.3 cm³/mol. The highest BCUT2D eigenvalue weighted by atomic mass is 35.5. The third-order valence-corrected chi connectivity index (χ3v) is 4.58. The summed E-state index contributed by atoms with van der Waals surface area (Å²) in [6.45, 7) is 4.45. The second-order valence-electron chi connectivity index (χ2n) is 6.21. The molecule has 0 spiro atoms. The van der Waals surface area contributed by atoms with Crippen LogP contribution in [0.4, 0.5) is 0 Å². The molecule has 0 bridgehead atoms. The quantitative estimate of drug-likeness (QED) is 0.846. The van der Waals surface area contributed by atoms with Crippen LogP contribution >= 0.6 is 11.6 Å². The van der Waals surface area contributed by atoms with Gasteiger partial charge in [-0.1, -0.05) is 11.6 Å². The van der Waals surface area contributed by atoms with Crippen molar-refractivity contribution in [3.8, 4) is 5.75 Å².